The summed E-state index contributed by atoms with van der Waals surface area (Å²) in [5.41, 5.74) is 4.47. The summed E-state index contributed by atoms with van der Waals surface area (Å²) in [5.74, 6) is -2.07. The summed E-state index contributed by atoms with van der Waals surface area (Å²) in [6.45, 7) is -0.146. The number of amides is 1. The van der Waals surface area contributed by atoms with E-state index in [0.717, 1.165) is 0 Å². The zero-order chi connectivity index (χ0) is 21.3. The van der Waals surface area contributed by atoms with Crippen LogP contribution in [-0.4, -0.2) is 96.3 Å². The number of carboxylic acid groups (broad SMARTS) is 2. The zero-order valence-electron chi connectivity index (χ0n) is 14.4. The van der Waals surface area contributed by atoms with Gasteiger partial charge in [-0.2, -0.15) is 0 Å². The maximum Gasteiger partial charge on any atom is 0.303 e. The molecule has 0 heterocycles. The minimum absolute atomic E-state index is 0.0628. The van der Waals surface area contributed by atoms with Gasteiger partial charge in [0.1, 0.15) is 24.4 Å². The molecule has 26 heavy (non-hydrogen) atoms. The normalized spacial score (nSPS) is 14.4. The van der Waals surface area contributed by atoms with Gasteiger partial charge in [-0.05, 0) is 12.8 Å². The second-order valence-corrected chi connectivity index (χ2v) is 5.09. The van der Waals surface area contributed by atoms with Crippen LogP contribution in [0, 0.1) is 0 Å². The van der Waals surface area contributed by atoms with Crippen molar-refractivity contribution in [1.82, 2.24) is 0 Å². The number of primary amides is 1. The van der Waals surface area contributed by atoms with E-state index in [1.807, 2.05) is 0 Å². The Morgan fingerprint density at radius 2 is 1.00 bits per heavy atom. The first-order valence-electron chi connectivity index (χ1n) is 7.54. The smallest absolute Gasteiger partial charge is 0.303 e. The lowest BCUT2D eigenvalue weighted by Gasteiger charge is -2.24. The monoisotopic (exact) mass is 387 g/mol. The summed E-state index contributed by atoms with van der Waals surface area (Å²) in [5, 5.41) is 68.4. The minimum atomic E-state index is -1.67. The second kappa shape index (κ2) is 18.0. The predicted molar refractivity (Wildman–Crippen MR) is 86.8 cm³/mol. The van der Waals surface area contributed by atoms with E-state index in [2.05, 4.69) is 5.73 Å². The van der Waals surface area contributed by atoms with Gasteiger partial charge in [-0.15, -0.1) is 0 Å². The lowest BCUT2D eigenvalue weighted by molar-refractivity contribution is -0.139. The number of hydrogen-bond acceptors (Lipinski definition) is 9. The van der Waals surface area contributed by atoms with E-state index in [0.29, 0.717) is 12.8 Å². The molecule has 12 nitrogen and oxygen atoms in total. The molecule has 0 aromatic carbocycles. The van der Waals surface area contributed by atoms with Gasteiger partial charge in [0.2, 0.25) is 5.91 Å². The summed E-state index contributed by atoms with van der Waals surface area (Å²) >= 11 is 0. The second-order valence-electron chi connectivity index (χ2n) is 5.09. The molecule has 0 unspecified atom stereocenters. The average Bonchev–Trinajstić information content (AvgIpc) is 2.55. The number of unbranched alkanes of at least 4 members (excludes halogenated alkanes) is 1. The highest BCUT2D eigenvalue weighted by Crippen LogP contribution is 2.04. The lowest BCUT2D eigenvalue weighted by atomic mass is 10.0. The molecule has 0 saturated heterocycles. The van der Waals surface area contributed by atoms with Crippen LogP contribution in [0.3, 0.4) is 0 Å². The molecule has 156 valence electrons. The number of aliphatic hydroxyl groups excluding tert-OH is 6. The Balaban J connectivity index is -0.000000341. The van der Waals surface area contributed by atoms with Gasteiger partial charge in [0.05, 0.1) is 13.2 Å². The molecule has 0 fully saturated rings. The fourth-order valence-corrected chi connectivity index (χ4v) is 1.22. The Kier molecular flexibility index (Phi) is 20.0. The number of hydrogen-bond donors (Lipinski definition) is 9. The molecule has 0 rings (SSSR count). The number of nitrogens with two attached hydrogens (primary N) is 1. The van der Waals surface area contributed by atoms with Crippen molar-refractivity contribution in [3.05, 3.63) is 0 Å². The van der Waals surface area contributed by atoms with Gasteiger partial charge in [-0.1, -0.05) is 0 Å². The van der Waals surface area contributed by atoms with Crippen LogP contribution in [0.1, 0.15) is 32.6 Å². The van der Waals surface area contributed by atoms with Gasteiger partial charge < -0.3 is 46.6 Å². The number of carbonyl (C=O) groups is 3. The van der Waals surface area contributed by atoms with Crippen molar-refractivity contribution in [2.24, 2.45) is 5.73 Å². The lowest BCUT2D eigenvalue weighted by Crippen LogP contribution is -2.46. The predicted octanol–water partition coefficient (Wildman–Crippen LogP) is -3.38. The molecule has 0 aromatic heterocycles. The van der Waals surface area contributed by atoms with Crippen molar-refractivity contribution in [3.63, 3.8) is 0 Å². The van der Waals surface area contributed by atoms with Gasteiger partial charge in [-0.3, -0.25) is 14.4 Å². The molecule has 0 bridgehead atoms. The molecular formula is C14H29NO11. The van der Waals surface area contributed by atoms with Crippen molar-refractivity contribution >= 4 is 17.8 Å². The summed E-state index contributed by atoms with van der Waals surface area (Å²) in [6, 6.07) is 0. The van der Waals surface area contributed by atoms with Crippen LogP contribution in [0.15, 0.2) is 0 Å². The summed E-state index contributed by atoms with van der Waals surface area (Å²) in [7, 11) is 0. The quantitative estimate of drug-likeness (QED) is 0.167. The topological polar surface area (TPSA) is 239 Å². The molecule has 12 heteroatoms. The maximum atomic E-state index is 9.90. The highest BCUT2D eigenvalue weighted by Gasteiger charge is 2.29. The molecule has 0 aromatic rings. The van der Waals surface area contributed by atoms with Crippen molar-refractivity contribution < 1.29 is 55.2 Å². The summed E-state index contributed by atoms with van der Waals surface area (Å²) in [4.78, 5) is 29.0. The van der Waals surface area contributed by atoms with Crippen molar-refractivity contribution in [2.75, 3.05) is 13.2 Å². The van der Waals surface area contributed by atoms with Gasteiger partial charge in [0.25, 0.3) is 0 Å². The van der Waals surface area contributed by atoms with E-state index in [4.69, 9.17) is 40.9 Å². The van der Waals surface area contributed by atoms with Gasteiger partial charge in [-0.25, -0.2) is 0 Å². The molecule has 0 aliphatic carbocycles. The molecule has 0 aliphatic rings. The van der Waals surface area contributed by atoms with E-state index < -0.39 is 49.6 Å². The van der Waals surface area contributed by atoms with Gasteiger partial charge in [0, 0.05) is 19.8 Å². The number of carbonyl (C=O) groups excluding carboxylic acids is 1. The van der Waals surface area contributed by atoms with Crippen LogP contribution >= 0.6 is 0 Å². The van der Waals surface area contributed by atoms with E-state index in [-0.39, 0.29) is 18.7 Å². The Morgan fingerprint density at radius 3 is 1.15 bits per heavy atom. The minimum Gasteiger partial charge on any atom is -0.481 e. The Hall–Kier alpha value is -1.83. The molecule has 0 saturated carbocycles. The first-order chi connectivity index (χ1) is 11.9. The molecule has 10 N–H and O–H groups in total. The third-order valence-electron chi connectivity index (χ3n) is 2.54. The van der Waals surface area contributed by atoms with Gasteiger partial charge >= 0.3 is 11.9 Å². The highest BCUT2D eigenvalue weighted by atomic mass is 16.4. The van der Waals surface area contributed by atoms with Crippen LogP contribution in [0.25, 0.3) is 0 Å². The van der Waals surface area contributed by atoms with Crippen LogP contribution in [0.5, 0.6) is 0 Å². The van der Waals surface area contributed by atoms with Crippen LogP contribution in [0.4, 0.5) is 0 Å². The number of aliphatic carboxylic acids is 2. The third-order valence-corrected chi connectivity index (χ3v) is 2.54. The zero-order valence-corrected chi connectivity index (χ0v) is 14.4. The molecular weight excluding hydrogens is 358 g/mol. The fourth-order valence-electron chi connectivity index (χ4n) is 1.22. The van der Waals surface area contributed by atoms with E-state index >= 15 is 0 Å². The van der Waals surface area contributed by atoms with Crippen LogP contribution in [0.2, 0.25) is 0 Å². The number of rotatable bonds is 10. The summed E-state index contributed by atoms with van der Waals surface area (Å²) < 4.78 is 0. The molecule has 4 atom stereocenters. The first-order valence-corrected chi connectivity index (χ1v) is 7.54. The van der Waals surface area contributed by atoms with Crippen LogP contribution in [-0.2, 0) is 14.4 Å². The standard InChI is InChI=1S/C6H14O6.C6H10O4.C2H5NO/c7-1-3(9)5(11)6(12)4(10)2-8;7-5(8)3-1-2-4-6(9)10;1-2(3)4/h3-12H,1-2H2;1-4H2,(H,7,8)(H,9,10);1H3,(H2,3,4)/t3-,4+,5-,6-;;/m1../s1. The Labute approximate surface area is 150 Å². The van der Waals surface area contributed by atoms with E-state index in [1.54, 1.807) is 0 Å². The van der Waals surface area contributed by atoms with Crippen molar-refractivity contribution in [1.29, 1.82) is 0 Å². The van der Waals surface area contributed by atoms with E-state index in [9.17, 15) is 14.4 Å². The Bertz CT molecular complexity index is 357. The first kappa shape index (κ1) is 29.0. The van der Waals surface area contributed by atoms with Crippen molar-refractivity contribution in [3.8, 4) is 0 Å². The SMILES string of the molecule is CC(N)=O.O=C(O)CCCCC(=O)O.OC[C@@H](O)[C@@H](O)[C@H](O)[C@@H](O)CO. The fraction of sp³-hybridized carbons (Fsp3) is 0.786. The third kappa shape index (κ3) is 22.2. The number of aliphatic hydroxyl groups is 6. The molecule has 1 amide bonds. The molecule has 0 aliphatic heterocycles. The van der Waals surface area contributed by atoms with Crippen LogP contribution < -0.4 is 5.73 Å². The van der Waals surface area contributed by atoms with Gasteiger partial charge in [0.15, 0.2) is 0 Å². The maximum absolute atomic E-state index is 9.90. The highest BCUT2D eigenvalue weighted by molar-refractivity contribution is 5.70. The number of carboxylic acids is 2. The Morgan fingerprint density at radius 1 is 0.769 bits per heavy atom. The van der Waals surface area contributed by atoms with Crippen molar-refractivity contribution in [2.45, 2.75) is 57.0 Å². The molecule has 0 radical (unpaired) electrons. The average molecular weight is 387 g/mol. The molecule has 0 spiro atoms. The largest absolute Gasteiger partial charge is 0.481 e. The van der Waals surface area contributed by atoms with E-state index in [1.165, 1.54) is 6.92 Å². The summed E-state index contributed by atoms with van der Waals surface area (Å²) in [6.07, 6.45) is -5.37.